The topological polar surface area (TPSA) is 171 Å². The summed E-state index contributed by atoms with van der Waals surface area (Å²) in [5, 5.41) is 13.9. The molecule has 1 aromatic rings. The summed E-state index contributed by atoms with van der Waals surface area (Å²) in [6.07, 6.45) is 0.177. The predicted molar refractivity (Wildman–Crippen MR) is 144 cm³/mol. The van der Waals surface area contributed by atoms with Crippen LogP contribution in [-0.2, 0) is 38.0 Å². The molecule has 1 saturated heterocycles. The Kier molecular flexibility index (Phi) is 14.6. The van der Waals surface area contributed by atoms with Gasteiger partial charge in [-0.15, -0.1) is 0 Å². The molecule has 1 fully saturated rings. The monoisotopic (exact) mass is 581 g/mol. The van der Waals surface area contributed by atoms with Gasteiger partial charge in [-0.2, -0.15) is 0 Å². The molecule has 3 N–H and O–H groups in total. The first-order chi connectivity index (χ1) is 20.0. The van der Waals surface area contributed by atoms with E-state index >= 15 is 0 Å². The number of hydrogen-bond donors (Lipinski definition) is 3. The largest absolute Gasteiger partial charge is 0.394 e. The highest BCUT2D eigenvalue weighted by atomic mass is 16.6. The quantitative estimate of drug-likeness (QED) is 0.120. The number of rotatable bonds is 22. The van der Waals surface area contributed by atoms with Crippen molar-refractivity contribution in [2.75, 3.05) is 97.8 Å². The zero-order valence-corrected chi connectivity index (χ0v) is 23.1. The molecule has 0 spiro atoms. The average molecular weight is 582 g/mol. The van der Waals surface area contributed by atoms with Gasteiger partial charge in [-0.25, -0.2) is 0 Å². The Labute approximate surface area is 238 Å². The summed E-state index contributed by atoms with van der Waals surface area (Å²) in [6, 6.07) is 3.90. The van der Waals surface area contributed by atoms with Crippen molar-refractivity contribution in [1.29, 1.82) is 0 Å². The van der Waals surface area contributed by atoms with Gasteiger partial charge in [-0.3, -0.25) is 29.4 Å². The maximum atomic E-state index is 13.1. The molecule has 1 atom stereocenters. The van der Waals surface area contributed by atoms with E-state index in [9.17, 15) is 19.2 Å². The van der Waals surface area contributed by atoms with E-state index in [0.29, 0.717) is 91.5 Å². The molecule has 228 valence electrons. The summed E-state index contributed by atoms with van der Waals surface area (Å²) in [6.45, 7) is 5.44. The van der Waals surface area contributed by atoms with Gasteiger partial charge in [0.25, 0.3) is 11.8 Å². The van der Waals surface area contributed by atoms with Gasteiger partial charge in [-0.05, 0) is 18.6 Å². The van der Waals surface area contributed by atoms with Crippen molar-refractivity contribution in [3.8, 4) is 0 Å². The summed E-state index contributed by atoms with van der Waals surface area (Å²) in [7, 11) is 0. The molecule has 0 aromatic heterocycles. The van der Waals surface area contributed by atoms with Crippen LogP contribution in [0.2, 0.25) is 0 Å². The number of hydrogen-bond acceptors (Lipinski definition) is 12. The average Bonchev–Trinajstić information content (AvgIpc) is 3.22. The Balaban J connectivity index is 1.19. The van der Waals surface area contributed by atoms with Crippen LogP contribution < -0.4 is 10.6 Å². The molecule has 3 rings (SSSR count). The molecule has 1 unspecified atom stereocenters. The number of nitrogens with zero attached hydrogens (tertiary/aromatic N) is 1. The molecule has 14 heteroatoms. The molecule has 14 nitrogen and oxygen atoms in total. The SMILES string of the molecule is O=C1CCC(N2C(=O)c3cccc(NCCOCCOCCOCCOCCOCCOCCO)c3C2=O)C(=O)N1. The Morgan fingerprint density at radius 2 is 1.29 bits per heavy atom. The second-order valence-electron chi connectivity index (χ2n) is 9.00. The number of aliphatic hydroxyl groups is 1. The van der Waals surface area contributed by atoms with Crippen molar-refractivity contribution in [3.63, 3.8) is 0 Å². The van der Waals surface area contributed by atoms with Crippen molar-refractivity contribution in [2.24, 2.45) is 0 Å². The van der Waals surface area contributed by atoms with Crippen molar-refractivity contribution in [3.05, 3.63) is 29.3 Å². The van der Waals surface area contributed by atoms with Gasteiger partial charge >= 0.3 is 0 Å². The summed E-state index contributed by atoms with van der Waals surface area (Å²) in [5.74, 6) is -2.16. The molecule has 0 radical (unpaired) electrons. The predicted octanol–water partition coefficient (Wildman–Crippen LogP) is -0.408. The van der Waals surface area contributed by atoms with E-state index in [1.807, 2.05) is 0 Å². The number of nitrogens with one attached hydrogen (secondary N) is 2. The molecule has 1 aromatic carbocycles. The number of fused-ring (bicyclic) bond motifs is 1. The Morgan fingerprint density at radius 1 is 0.756 bits per heavy atom. The van der Waals surface area contributed by atoms with Crippen LogP contribution in [0, 0.1) is 0 Å². The molecule has 0 saturated carbocycles. The van der Waals surface area contributed by atoms with Gasteiger partial charge in [0.1, 0.15) is 6.04 Å². The van der Waals surface area contributed by atoms with E-state index in [0.717, 1.165) is 4.90 Å². The third-order valence-electron chi connectivity index (χ3n) is 6.13. The van der Waals surface area contributed by atoms with Crippen LogP contribution in [0.5, 0.6) is 0 Å². The fourth-order valence-corrected chi connectivity index (χ4v) is 4.19. The van der Waals surface area contributed by atoms with Gasteiger partial charge in [0.15, 0.2) is 0 Å². The van der Waals surface area contributed by atoms with Gasteiger partial charge in [0, 0.05) is 18.7 Å². The lowest BCUT2D eigenvalue weighted by molar-refractivity contribution is -0.136. The maximum absolute atomic E-state index is 13.1. The normalized spacial score (nSPS) is 16.8. The van der Waals surface area contributed by atoms with Gasteiger partial charge in [-0.1, -0.05) is 6.07 Å². The highest BCUT2D eigenvalue weighted by Crippen LogP contribution is 2.32. The van der Waals surface area contributed by atoms with Crippen LogP contribution in [0.1, 0.15) is 33.6 Å². The summed E-state index contributed by atoms with van der Waals surface area (Å²) in [4.78, 5) is 50.6. The minimum atomic E-state index is -1.00. The number of anilines is 1. The first-order valence-electron chi connectivity index (χ1n) is 13.7. The third kappa shape index (κ3) is 10.4. The summed E-state index contributed by atoms with van der Waals surface area (Å²) in [5.41, 5.74) is 0.913. The van der Waals surface area contributed by atoms with E-state index in [-0.39, 0.29) is 30.6 Å². The Morgan fingerprint density at radius 3 is 1.83 bits per heavy atom. The smallest absolute Gasteiger partial charge is 0.264 e. The number of aliphatic hydroxyl groups excluding tert-OH is 1. The highest BCUT2D eigenvalue weighted by Gasteiger charge is 2.45. The van der Waals surface area contributed by atoms with Gasteiger partial charge in [0.05, 0.1) is 97.0 Å². The zero-order valence-electron chi connectivity index (χ0n) is 23.1. The molecule has 2 aliphatic rings. The molecule has 4 amide bonds. The second kappa shape index (κ2) is 18.5. The molecule has 2 aliphatic heterocycles. The van der Waals surface area contributed by atoms with Crippen LogP contribution in [0.25, 0.3) is 0 Å². The number of benzene rings is 1. The minimum Gasteiger partial charge on any atom is -0.394 e. The minimum absolute atomic E-state index is 0.00488. The molecular weight excluding hydrogens is 542 g/mol. The van der Waals surface area contributed by atoms with Crippen molar-refractivity contribution >= 4 is 29.3 Å². The fourth-order valence-electron chi connectivity index (χ4n) is 4.19. The van der Waals surface area contributed by atoms with Crippen molar-refractivity contribution in [2.45, 2.75) is 18.9 Å². The second-order valence-corrected chi connectivity index (χ2v) is 9.00. The van der Waals surface area contributed by atoms with E-state index < -0.39 is 29.7 Å². The molecule has 0 bridgehead atoms. The van der Waals surface area contributed by atoms with Crippen LogP contribution in [-0.4, -0.2) is 132 Å². The number of imide groups is 2. The lowest BCUT2D eigenvalue weighted by Gasteiger charge is -2.27. The van der Waals surface area contributed by atoms with Crippen LogP contribution >= 0.6 is 0 Å². The number of piperidine rings is 1. The van der Waals surface area contributed by atoms with E-state index in [1.54, 1.807) is 18.2 Å². The van der Waals surface area contributed by atoms with E-state index in [4.69, 9.17) is 33.5 Å². The molecule has 41 heavy (non-hydrogen) atoms. The van der Waals surface area contributed by atoms with Crippen molar-refractivity contribution in [1.82, 2.24) is 10.2 Å². The first-order valence-corrected chi connectivity index (χ1v) is 13.7. The third-order valence-corrected chi connectivity index (χ3v) is 6.13. The lowest BCUT2D eigenvalue weighted by Crippen LogP contribution is -2.54. The lowest BCUT2D eigenvalue weighted by atomic mass is 10.0. The zero-order chi connectivity index (χ0) is 29.3. The van der Waals surface area contributed by atoms with Crippen LogP contribution in [0.15, 0.2) is 18.2 Å². The molecular formula is C27H39N3O11. The van der Waals surface area contributed by atoms with Gasteiger partial charge in [0.2, 0.25) is 11.8 Å². The van der Waals surface area contributed by atoms with Crippen LogP contribution in [0.4, 0.5) is 5.69 Å². The van der Waals surface area contributed by atoms with Crippen LogP contribution in [0.3, 0.4) is 0 Å². The van der Waals surface area contributed by atoms with E-state index in [2.05, 4.69) is 10.6 Å². The standard InChI is InChI=1S/C27H39N3O11/c31-7-9-37-11-13-39-15-17-41-19-18-40-16-14-38-12-10-36-8-6-28-21-3-1-2-20-24(21)27(35)30(26(20)34)22-4-5-23(32)29-25(22)33/h1-3,22,28,31H,4-19H2,(H,29,32,33). The number of carbonyl (C=O) groups excluding carboxylic acids is 4. The molecule has 0 aliphatic carbocycles. The van der Waals surface area contributed by atoms with E-state index in [1.165, 1.54) is 0 Å². The number of carbonyl (C=O) groups is 4. The number of ether oxygens (including phenoxy) is 6. The summed E-state index contributed by atoms with van der Waals surface area (Å²) < 4.78 is 32.2. The first kappa shape index (κ1) is 32.5. The van der Waals surface area contributed by atoms with Crippen molar-refractivity contribution < 1.29 is 52.7 Å². The maximum Gasteiger partial charge on any atom is 0.264 e. The molecule has 2 heterocycles. The summed E-state index contributed by atoms with van der Waals surface area (Å²) >= 11 is 0. The number of amides is 4. The Hall–Kier alpha value is -2.98. The Bertz CT molecular complexity index is 1010. The highest BCUT2D eigenvalue weighted by molar-refractivity contribution is 6.25. The van der Waals surface area contributed by atoms with Gasteiger partial charge < -0.3 is 38.8 Å². The fraction of sp³-hybridized carbons (Fsp3) is 0.630.